The normalized spacial score (nSPS) is 17.8. The molecule has 1 aliphatic heterocycles. The largest absolute Gasteiger partial charge is 0.479 e. The van der Waals surface area contributed by atoms with E-state index in [9.17, 15) is 14.4 Å². The van der Waals surface area contributed by atoms with Crippen molar-refractivity contribution in [2.75, 3.05) is 19.6 Å². The Hall–Kier alpha value is -1.83. The van der Waals surface area contributed by atoms with Crippen molar-refractivity contribution in [3.8, 4) is 0 Å². The molecule has 108 valence electrons. The van der Waals surface area contributed by atoms with E-state index in [1.165, 1.54) is 0 Å². The van der Waals surface area contributed by atoms with Gasteiger partial charge in [0.1, 0.15) is 0 Å². The highest BCUT2D eigenvalue weighted by molar-refractivity contribution is 5.78. The van der Waals surface area contributed by atoms with Crippen LogP contribution in [-0.2, 0) is 9.59 Å². The lowest BCUT2D eigenvalue weighted by molar-refractivity contribution is -0.146. The van der Waals surface area contributed by atoms with E-state index in [-0.39, 0.29) is 30.8 Å². The van der Waals surface area contributed by atoms with Crippen molar-refractivity contribution < 1.29 is 24.6 Å². The summed E-state index contributed by atoms with van der Waals surface area (Å²) in [5.41, 5.74) is 5.19. The first-order chi connectivity index (χ1) is 8.91. The number of urea groups is 1. The Labute approximate surface area is 110 Å². The summed E-state index contributed by atoms with van der Waals surface area (Å²) < 4.78 is 0. The number of piperidine rings is 1. The van der Waals surface area contributed by atoms with E-state index in [0.29, 0.717) is 25.9 Å². The summed E-state index contributed by atoms with van der Waals surface area (Å²) in [7, 11) is 0. The fourth-order valence-electron chi connectivity index (χ4n) is 1.92. The fraction of sp³-hybridized carbons (Fsp3) is 0.727. The fourth-order valence-corrected chi connectivity index (χ4v) is 1.92. The first-order valence-corrected chi connectivity index (χ1v) is 6.14. The second-order valence-corrected chi connectivity index (χ2v) is 4.54. The SMILES string of the molecule is NC(=O)C1CCN(C(=O)NCC[C@H](O)C(=O)O)CC1. The number of nitrogens with zero attached hydrogens (tertiary/aromatic N) is 1. The lowest BCUT2D eigenvalue weighted by Gasteiger charge is -2.30. The number of hydrogen-bond donors (Lipinski definition) is 4. The number of nitrogens with one attached hydrogen (secondary N) is 1. The van der Waals surface area contributed by atoms with Crippen LogP contribution in [0.1, 0.15) is 19.3 Å². The number of nitrogens with two attached hydrogens (primary N) is 1. The molecule has 1 aliphatic rings. The molecule has 0 aliphatic carbocycles. The van der Waals surface area contributed by atoms with Gasteiger partial charge in [-0.3, -0.25) is 4.79 Å². The van der Waals surface area contributed by atoms with Crippen LogP contribution in [0.2, 0.25) is 0 Å². The molecular weight excluding hydrogens is 254 g/mol. The molecule has 0 aromatic rings. The highest BCUT2D eigenvalue weighted by Crippen LogP contribution is 2.16. The van der Waals surface area contributed by atoms with Gasteiger partial charge >= 0.3 is 12.0 Å². The van der Waals surface area contributed by atoms with Gasteiger partial charge < -0.3 is 26.2 Å². The zero-order valence-corrected chi connectivity index (χ0v) is 10.5. The number of primary amides is 1. The molecule has 0 saturated carbocycles. The molecule has 1 fully saturated rings. The molecule has 0 aromatic carbocycles. The molecule has 0 spiro atoms. The third kappa shape index (κ3) is 4.74. The number of carboxylic acids is 1. The van der Waals surface area contributed by atoms with Gasteiger partial charge in [0.05, 0.1) is 0 Å². The standard InChI is InChI=1S/C11H19N3O5/c12-9(16)7-2-5-14(6-3-7)11(19)13-4-1-8(15)10(17)18/h7-8,15H,1-6H2,(H2,12,16)(H,13,19)(H,17,18)/t8-/m0/s1. The number of carboxylic acid groups (broad SMARTS) is 1. The van der Waals surface area contributed by atoms with Gasteiger partial charge in [-0.25, -0.2) is 9.59 Å². The molecule has 1 saturated heterocycles. The molecule has 8 heteroatoms. The maximum atomic E-state index is 11.7. The third-order valence-electron chi connectivity index (χ3n) is 3.16. The summed E-state index contributed by atoms with van der Waals surface area (Å²) in [5.74, 6) is -1.83. The van der Waals surface area contributed by atoms with Crippen molar-refractivity contribution in [1.29, 1.82) is 0 Å². The maximum Gasteiger partial charge on any atom is 0.332 e. The molecule has 0 radical (unpaired) electrons. The summed E-state index contributed by atoms with van der Waals surface area (Å²) in [5, 5.41) is 20.0. The Morgan fingerprint density at radius 2 is 1.89 bits per heavy atom. The Bertz CT molecular complexity index is 352. The Morgan fingerprint density at radius 1 is 1.32 bits per heavy atom. The highest BCUT2D eigenvalue weighted by Gasteiger charge is 2.25. The van der Waals surface area contributed by atoms with Crippen LogP contribution in [0.3, 0.4) is 0 Å². The summed E-state index contributed by atoms with van der Waals surface area (Å²) in [6, 6.07) is -0.319. The predicted molar refractivity (Wildman–Crippen MR) is 65.1 cm³/mol. The summed E-state index contributed by atoms with van der Waals surface area (Å²) in [4.78, 5) is 34.6. The number of carbonyl (C=O) groups is 3. The number of carbonyl (C=O) groups excluding carboxylic acids is 2. The van der Waals surface area contributed by atoms with E-state index < -0.39 is 12.1 Å². The van der Waals surface area contributed by atoms with Crippen molar-refractivity contribution in [1.82, 2.24) is 10.2 Å². The van der Waals surface area contributed by atoms with E-state index in [1.54, 1.807) is 4.90 Å². The van der Waals surface area contributed by atoms with Crippen molar-refractivity contribution in [3.05, 3.63) is 0 Å². The van der Waals surface area contributed by atoms with Gasteiger partial charge in [0.25, 0.3) is 0 Å². The van der Waals surface area contributed by atoms with E-state index in [4.69, 9.17) is 15.9 Å². The molecule has 19 heavy (non-hydrogen) atoms. The second-order valence-electron chi connectivity index (χ2n) is 4.54. The molecule has 0 aromatic heterocycles. The maximum absolute atomic E-state index is 11.7. The molecule has 5 N–H and O–H groups in total. The second kappa shape index (κ2) is 6.93. The minimum Gasteiger partial charge on any atom is -0.479 e. The van der Waals surface area contributed by atoms with E-state index in [0.717, 1.165) is 0 Å². The summed E-state index contributed by atoms with van der Waals surface area (Å²) in [6.07, 6.45) is -0.430. The van der Waals surface area contributed by atoms with E-state index in [1.807, 2.05) is 0 Å². The van der Waals surface area contributed by atoms with Gasteiger partial charge in [-0.1, -0.05) is 0 Å². The molecule has 8 nitrogen and oxygen atoms in total. The van der Waals surface area contributed by atoms with Crippen LogP contribution in [-0.4, -0.2) is 58.8 Å². The molecular formula is C11H19N3O5. The van der Waals surface area contributed by atoms with Crippen LogP contribution >= 0.6 is 0 Å². The van der Waals surface area contributed by atoms with E-state index >= 15 is 0 Å². The monoisotopic (exact) mass is 273 g/mol. The average molecular weight is 273 g/mol. The zero-order chi connectivity index (χ0) is 14.4. The first-order valence-electron chi connectivity index (χ1n) is 6.14. The molecule has 0 unspecified atom stereocenters. The predicted octanol–water partition coefficient (Wildman–Crippen LogP) is -1.27. The lowest BCUT2D eigenvalue weighted by Crippen LogP contribution is -2.46. The lowest BCUT2D eigenvalue weighted by atomic mass is 9.96. The van der Waals surface area contributed by atoms with Crippen LogP contribution in [0.4, 0.5) is 4.79 Å². The Kier molecular flexibility index (Phi) is 5.56. The minimum absolute atomic E-state index is 0.0428. The number of aliphatic hydroxyl groups is 1. The third-order valence-corrected chi connectivity index (χ3v) is 3.16. The first kappa shape index (κ1) is 15.2. The van der Waals surface area contributed by atoms with Crippen LogP contribution in [0, 0.1) is 5.92 Å². The Balaban J connectivity index is 2.24. The van der Waals surface area contributed by atoms with E-state index in [2.05, 4.69) is 5.32 Å². The van der Waals surface area contributed by atoms with Gasteiger partial charge in [0, 0.05) is 32.0 Å². The minimum atomic E-state index is -1.47. The zero-order valence-electron chi connectivity index (χ0n) is 10.5. The van der Waals surface area contributed by atoms with Crippen molar-refractivity contribution in [2.45, 2.75) is 25.4 Å². The van der Waals surface area contributed by atoms with Gasteiger partial charge in [0.2, 0.25) is 5.91 Å². The van der Waals surface area contributed by atoms with Crippen LogP contribution in [0.5, 0.6) is 0 Å². The Morgan fingerprint density at radius 3 is 2.37 bits per heavy atom. The van der Waals surface area contributed by atoms with Crippen LogP contribution in [0.25, 0.3) is 0 Å². The summed E-state index contributed by atoms with van der Waals surface area (Å²) >= 11 is 0. The molecule has 1 atom stereocenters. The summed E-state index contributed by atoms with van der Waals surface area (Å²) in [6.45, 7) is 0.976. The number of amides is 3. The number of aliphatic hydroxyl groups excluding tert-OH is 1. The number of aliphatic carboxylic acids is 1. The van der Waals surface area contributed by atoms with Gasteiger partial charge in [0.15, 0.2) is 6.10 Å². The molecule has 3 amide bonds. The smallest absolute Gasteiger partial charge is 0.332 e. The van der Waals surface area contributed by atoms with Crippen LogP contribution < -0.4 is 11.1 Å². The highest BCUT2D eigenvalue weighted by atomic mass is 16.4. The molecule has 1 heterocycles. The van der Waals surface area contributed by atoms with Crippen LogP contribution in [0.15, 0.2) is 0 Å². The molecule has 1 rings (SSSR count). The van der Waals surface area contributed by atoms with Gasteiger partial charge in [-0.05, 0) is 12.8 Å². The van der Waals surface area contributed by atoms with Gasteiger partial charge in [-0.2, -0.15) is 0 Å². The number of hydrogen-bond acceptors (Lipinski definition) is 4. The number of likely N-dealkylation sites (tertiary alicyclic amines) is 1. The average Bonchev–Trinajstić information content (AvgIpc) is 2.38. The van der Waals surface area contributed by atoms with Crippen molar-refractivity contribution in [2.24, 2.45) is 11.7 Å². The topological polar surface area (TPSA) is 133 Å². The van der Waals surface area contributed by atoms with Gasteiger partial charge in [-0.15, -0.1) is 0 Å². The quantitative estimate of drug-likeness (QED) is 0.495. The van der Waals surface area contributed by atoms with Crippen molar-refractivity contribution >= 4 is 17.9 Å². The number of rotatable bonds is 5. The molecule has 0 bridgehead atoms. The van der Waals surface area contributed by atoms with Crippen molar-refractivity contribution in [3.63, 3.8) is 0 Å².